The van der Waals surface area contributed by atoms with Crippen molar-refractivity contribution >= 4 is 23.5 Å². The second-order valence-corrected chi connectivity index (χ2v) is 5.66. The van der Waals surface area contributed by atoms with Crippen LogP contribution in [0.4, 0.5) is 10.1 Å². The van der Waals surface area contributed by atoms with E-state index < -0.39 is 23.7 Å². The number of aryl methyl sites for hydroxylation is 1. The van der Waals surface area contributed by atoms with Gasteiger partial charge in [0.05, 0.1) is 5.56 Å². The van der Waals surface area contributed by atoms with Crippen molar-refractivity contribution in [2.75, 3.05) is 5.32 Å². The minimum Gasteiger partial charge on any atom is -0.480 e. The molecule has 2 aliphatic rings. The molecule has 0 spiro atoms. The van der Waals surface area contributed by atoms with Gasteiger partial charge in [-0.05, 0) is 42.9 Å². The molecule has 0 bridgehead atoms. The van der Waals surface area contributed by atoms with Crippen molar-refractivity contribution in [1.82, 2.24) is 5.32 Å². The van der Waals surface area contributed by atoms with Crippen molar-refractivity contribution in [1.29, 1.82) is 0 Å². The quantitative estimate of drug-likeness (QED) is 0.781. The summed E-state index contributed by atoms with van der Waals surface area (Å²) in [6.45, 7) is 0. The summed E-state index contributed by atoms with van der Waals surface area (Å²) >= 11 is 0. The number of carboxylic acid groups (broad SMARTS) is 1. The lowest BCUT2D eigenvalue weighted by molar-refractivity contribution is -0.139. The van der Waals surface area contributed by atoms with E-state index in [1.807, 2.05) is 0 Å². The van der Waals surface area contributed by atoms with E-state index in [1.165, 1.54) is 6.07 Å². The Morgan fingerprint density at radius 2 is 2.05 bits per heavy atom. The number of hydrogen-bond acceptors (Lipinski definition) is 3. The fourth-order valence-corrected chi connectivity index (χ4v) is 2.61. The molecule has 1 unspecified atom stereocenters. The highest BCUT2D eigenvalue weighted by molar-refractivity contribution is 5.99. The number of fused-ring (bicyclic) bond motifs is 1. The molecule has 1 aromatic rings. The van der Waals surface area contributed by atoms with Crippen LogP contribution in [0.1, 0.15) is 35.2 Å². The molecule has 22 heavy (non-hydrogen) atoms. The van der Waals surface area contributed by atoms with Crippen LogP contribution in [0.5, 0.6) is 0 Å². The van der Waals surface area contributed by atoms with Crippen LogP contribution in [-0.2, 0) is 16.0 Å². The summed E-state index contributed by atoms with van der Waals surface area (Å²) < 4.78 is 14.1. The third-order valence-electron chi connectivity index (χ3n) is 3.98. The normalized spacial score (nSPS) is 18.1. The maximum atomic E-state index is 14.1. The minimum atomic E-state index is -1.11. The summed E-state index contributed by atoms with van der Waals surface area (Å²) in [5, 5.41) is 14.0. The predicted octanol–water partition coefficient (Wildman–Crippen LogP) is 1.30. The van der Waals surface area contributed by atoms with Crippen molar-refractivity contribution in [3.05, 3.63) is 29.1 Å². The Balaban J connectivity index is 1.83. The second-order valence-electron chi connectivity index (χ2n) is 5.66. The second kappa shape index (κ2) is 5.40. The Morgan fingerprint density at radius 1 is 1.32 bits per heavy atom. The number of carboxylic acids is 1. The number of halogens is 1. The first kappa shape index (κ1) is 14.5. The molecule has 1 aliphatic heterocycles. The predicted molar refractivity (Wildman–Crippen MR) is 75.0 cm³/mol. The first-order valence-corrected chi connectivity index (χ1v) is 7.11. The molecule has 0 aromatic heterocycles. The fraction of sp³-hybridized carbons (Fsp3) is 0.400. The lowest BCUT2D eigenvalue weighted by Gasteiger charge is -2.19. The fourth-order valence-electron chi connectivity index (χ4n) is 2.61. The van der Waals surface area contributed by atoms with Gasteiger partial charge in [0, 0.05) is 12.1 Å². The molecule has 0 radical (unpaired) electrons. The van der Waals surface area contributed by atoms with E-state index >= 15 is 0 Å². The van der Waals surface area contributed by atoms with Crippen molar-refractivity contribution in [3.8, 4) is 0 Å². The van der Waals surface area contributed by atoms with Gasteiger partial charge in [-0.25, -0.2) is 9.18 Å². The summed E-state index contributed by atoms with van der Waals surface area (Å²) in [6, 6.07) is 1.50. The number of carbonyl (C=O) groups is 3. The number of amides is 2. The number of carbonyl (C=O) groups excluding carboxylic acids is 2. The highest BCUT2D eigenvalue weighted by atomic mass is 19.1. The zero-order valence-corrected chi connectivity index (χ0v) is 11.7. The third-order valence-corrected chi connectivity index (χ3v) is 3.98. The molecule has 3 N–H and O–H groups in total. The molecule has 1 saturated carbocycles. The highest BCUT2D eigenvalue weighted by Crippen LogP contribution is 2.33. The molecule has 1 fully saturated rings. The van der Waals surface area contributed by atoms with Gasteiger partial charge in [-0.2, -0.15) is 0 Å². The summed E-state index contributed by atoms with van der Waals surface area (Å²) in [4.78, 5) is 34.6. The Morgan fingerprint density at radius 3 is 2.68 bits per heavy atom. The van der Waals surface area contributed by atoms with E-state index in [0.29, 0.717) is 17.7 Å². The van der Waals surface area contributed by atoms with Gasteiger partial charge in [0.25, 0.3) is 5.91 Å². The van der Waals surface area contributed by atoms with E-state index in [4.69, 9.17) is 5.11 Å². The van der Waals surface area contributed by atoms with Crippen LogP contribution >= 0.6 is 0 Å². The third kappa shape index (κ3) is 2.79. The van der Waals surface area contributed by atoms with Crippen molar-refractivity contribution in [2.45, 2.75) is 31.7 Å². The first-order chi connectivity index (χ1) is 10.5. The van der Waals surface area contributed by atoms with Crippen LogP contribution in [0.25, 0.3) is 0 Å². The first-order valence-electron chi connectivity index (χ1n) is 7.11. The van der Waals surface area contributed by atoms with Gasteiger partial charge in [0.2, 0.25) is 5.91 Å². The molecule has 1 aliphatic carbocycles. The maximum Gasteiger partial charge on any atom is 0.326 e. The molecule has 7 heteroatoms. The SMILES string of the molecule is O=C1CCc2cc(C(=O)NC(C(=O)O)C3CC3)c(F)cc2N1. The standard InChI is InChI=1S/C15H15FN2O4/c16-10-6-11-8(3-4-12(19)17-11)5-9(10)14(20)18-13(15(21)22)7-1-2-7/h5-7,13H,1-4H2,(H,17,19)(H,18,20)(H,21,22). The lowest BCUT2D eigenvalue weighted by atomic mass is 9.99. The molecule has 2 amide bonds. The number of nitrogens with one attached hydrogen (secondary N) is 2. The van der Waals surface area contributed by atoms with Gasteiger partial charge in [0.1, 0.15) is 11.9 Å². The Hall–Kier alpha value is -2.44. The van der Waals surface area contributed by atoms with Crippen LogP contribution < -0.4 is 10.6 Å². The van der Waals surface area contributed by atoms with E-state index in [9.17, 15) is 18.8 Å². The van der Waals surface area contributed by atoms with Crippen LogP contribution in [0.3, 0.4) is 0 Å². The highest BCUT2D eigenvalue weighted by Gasteiger charge is 2.37. The minimum absolute atomic E-state index is 0.0820. The van der Waals surface area contributed by atoms with E-state index in [2.05, 4.69) is 10.6 Å². The number of aliphatic carboxylic acids is 1. The largest absolute Gasteiger partial charge is 0.480 e. The summed E-state index contributed by atoms with van der Waals surface area (Å²) in [5.41, 5.74) is 0.841. The number of anilines is 1. The summed E-state index contributed by atoms with van der Waals surface area (Å²) in [5.74, 6) is -2.90. The van der Waals surface area contributed by atoms with Crippen LogP contribution in [0, 0.1) is 11.7 Å². The lowest BCUT2D eigenvalue weighted by Crippen LogP contribution is -2.42. The number of benzene rings is 1. The van der Waals surface area contributed by atoms with Crippen molar-refractivity contribution in [3.63, 3.8) is 0 Å². The summed E-state index contributed by atoms with van der Waals surface area (Å²) in [6.07, 6.45) is 2.19. The number of hydrogen-bond donors (Lipinski definition) is 3. The van der Waals surface area contributed by atoms with Crippen LogP contribution in [-0.4, -0.2) is 28.9 Å². The van der Waals surface area contributed by atoms with E-state index in [1.54, 1.807) is 0 Å². The van der Waals surface area contributed by atoms with Crippen LogP contribution in [0.2, 0.25) is 0 Å². The molecule has 1 aromatic carbocycles. The monoisotopic (exact) mass is 306 g/mol. The zero-order valence-electron chi connectivity index (χ0n) is 11.7. The molecule has 0 saturated heterocycles. The average molecular weight is 306 g/mol. The Kier molecular flexibility index (Phi) is 3.56. The topological polar surface area (TPSA) is 95.5 Å². The molecule has 1 heterocycles. The Labute approximate surface area is 125 Å². The number of rotatable bonds is 4. The molecular weight excluding hydrogens is 291 g/mol. The van der Waals surface area contributed by atoms with Crippen molar-refractivity contribution in [2.24, 2.45) is 5.92 Å². The maximum absolute atomic E-state index is 14.1. The van der Waals surface area contributed by atoms with Crippen molar-refractivity contribution < 1.29 is 23.9 Å². The molecule has 6 nitrogen and oxygen atoms in total. The average Bonchev–Trinajstić information content (AvgIpc) is 3.27. The van der Waals surface area contributed by atoms with E-state index in [0.717, 1.165) is 18.9 Å². The van der Waals surface area contributed by atoms with E-state index in [-0.39, 0.29) is 23.8 Å². The van der Waals surface area contributed by atoms with Crippen LogP contribution in [0.15, 0.2) is 12.1 Å². The van der Waals surface area contributed by atoms with Gasteiger partial charge in [-0.3, -0.25) is 9.59 Å². The molecule has 116 valence electrons. The molecule has 1 atom stereocenters. The smallest absolute Gasteiger partial charge is 0.326 e. The zero-order chi connectivity index (χ0) is 15.9. The van der Waals surface area contributed by atoms with Gasteiger partial charge < -0.3 is 15.7 Å². The van der Waals surface area contributed by atoms with Gasteiger partial charge in [0.15, 0.2) is 0 Å². The summed E-state index contributed by atoms with van der Waals surface area (Å²) in [7, 11) is 0. The van der Waals surface area contributed by atoms with Gasteiger partial charge >= 0.3 is 5.97 Å². The molecular formula is C15H15FN2O4. The Bertz CT molecular complexity index is 670. The van der Waals surface area contributed by atoms with Gasteiger partial charge in [-0.1, -0.05) is 0 Å². The van der Waals surface area contributed by atoms with Gasteiger partial charge in [-0.15, -0.1) is 0 Å². The molecule has 3 rings (SSSR count).